The molecule has 1 N–H and O–H groups in total. The summed E-state index contributed by atoms with van der Waals surface area (Å²) in [6.07, 6.45) is 12.4. The maximum atomic E-state index is 9.95. The predicted octanol–water partition coefficient (Wildman–Crippen LogP) is 3.28. The molecule has 2 rings (SSSR count). The molecule has 0 spiro atoms. The molecule has 0 heterocycles. The summed E-state index contributed by atoms with van der Waals surface area (Å²) in [7, 11) is 0. The molecule has 16 heavy (non-hydrogen) atoms. The molecule has 2 heteroatoms. The summed E-state index contributed by atoms with van der Waals surface area (Å²) < 4.78 is 5.96. The van der Waals surface area contributed by atoms with Gasteiger partial charge in [0.25, 0.3) is 0 Å². The largest absolute Gasteiger partial charge is 0.390 e. The Balaban J connectivity index is 1.70. The molecule has 0 aromatic heterocycles. The first-order chi connectivity index (χ1) is 7.86. The van der Waals surface area contributed by atoms with E-state index in [2.05, 4.69) is 0 Å². The molecule has 2 aliphatic rings. The van der Waals surface area contributed by atoms with Crippen LogP contribution in [0.2, 0.25) is 0 Å². The van der Waals surface area contributed by atoms with Crippen LogP contribution in [0.3, 0.4) is 0 Å². The lowest BCUT2D eigenvalue weighted by atomic mass is 9.90. The van der Waals surface area contributed by atoms with E-state index in [9.17, 15) is 5.11 Å². The number of hydrogen-bond acceptors (Lipinski definition) is 2. The SMILES string of the molecule is OC1CCCCCC1OCC1CCCCC1. The fourth-order valence-corrected chi connectivity index (χ4v) is 3.06. The highest BCUT2D eigenvalue weighted by Crippen LogP contribution is 2.26. The first kappa shape index (κ1) is 12.4. The highest BCUT2D eigenvalue weighted by molar-refractivity contribution is 4.74. The minimum atomic E-state index is -0.203. The summed E-state index contributed by atoms with van der Waals surface area (Å²) in [5.74, 6) is 0.768. The van der Waals surface area contributed by atoms with Crippen LogP contribution in [0, 0.1) is 5.92 Å². The van der Waals surface area contributed by atoms with Crippen LogP contribution < -0.4 is 0 Å². The lowest BCUT2D eigenvalue weighted by molar-refractivity contribution is -0.0554. The number of hydrogen-bond donors (Lipinski definition) is 1. The van der Waals surface area contributed by atoms with Gasteiger partial charge >= 0.3 is 0 Å². The zero-order valence-corrected chi connectivity index (χ0v) is 10.4. The minimum absolute atomic E-state index is 0.129. The average molecular weight is 226 g/mol. The Hall–Kier alpha value is -0.0800. The molecule has 0 amide bonds. The third kappa shape index (κ3) is 3.74. The molecule has 0 aliphatic heterocycles. The second kappa shape index (κ2) is 6.61. The molecule has 2 atom stereocenters. The third-order valence-corrected chi connectivity index (χ3v) is 4.19. The summed E-state index contributed by atoms with van der Waals surface area (Å²) in [6, 6.07) is 0. The monoisotopic (exact) mass is 226 g/mol. The second-order valence-corrected chi connectivity index (χ2v) is 5.58. The van der Waals surface area contributed by atoms with Crippen molar-refractivity contribution in [2.24, 2.45) is 5.92 Å². The van der Waals surface area contributed by atoms with E-state index in [1.807, 2.05) is 0 Å². The topological polar surface area (TPSA) is 29.5 Å². The summed E-state index contributed by atoms with van der Waals surface area (Å²) in [6.45, 7) is 0.891. The molecule has 94 valence electrons. The fraction of sp³-hybridized carbons (Fsp3) is 1.00. The number of ether oxygens (including phenoxy) is 1. The Bertz CT molecular complexity index is 187. The third-order valence-electron chi connectivity index (χ3n) is 4.19. The van der Waals surface area contributed by atoms with Crippen molar-refractivity contribution in [3.8, 4) is 0 Å². The van der Waals surface area contributed by atoms with Gasteiger partial charge in [0.2, 0.25) is 0 Å². The average Bonchev–Trinajstić information content (AvgIpc) is 2.53. The lowest BCUT2D eigenvalue weighted by Gasteiger charge is -2.26. The maximum Gasteiger partial charge on any atom is 0.0834 e. The van der Waals surface area contributed by atoms with Gasteiger partial charge < -0.3 is 9.84 Å². The van der Waals surface area contributed by atoms with E-state index in [0.717, 1.165) is 25.4 Å². The van der Waals surface area contributed by atoms with Crippen LogP contribution in [-0.2, 0) is 4.74 Å². The molecular formula is C14H26O2. The van der Waals surface area contributed by atoms with Crippen LogP contribution in [0.25, 0.3) is 0 Å². The zero-order valence-electron chi connectivity index (χ0n) is 10.4. The van der Waals surface area contributed by atoms with E-state index in [0.29, 0.717) is 0 Å². The van der Waals surface area contributed by atoms with Crippen LogP contribution in [0.15, 0.2) is 0 Å². The quantitative estimate of drug-likeness (QED) is 0.748. The fourth-order valence-electron chi connectivity index (χ4n) is 3.06. The van der Waals surface area contributed by atoms with E-state index < -0.39 is 0 Å². The van der Waals surface area contributed by atoms with E-state index in [-0.39, 0.29) is 12.2 Å². The van der Waals surface area contributed by atoms with Crippen LogP contribution in [0.5, 0.6) is 0 Å². The van der Waals surface area contributed by atoms with Gasteiger partial charge in [-0.15, -0.1) is 0 Å². The molecule has 0 aromatic rings. The number of aliphatic hydroxyl groups is 1. The minimum Gasteiger partial charge on any atom is -0.390 e. The summed E-state index contributed by atoms with van der Waals surface area (Å²) in [5.41, 5.74) is 0. The van der Waals surface area contributed by atoms with Crippen molar-refractivity contribution in [3.63, 3.8) is 0 Å². The Morgan fingerprint density at radius 1 is 0.812 bits per heavy atom. The molecule has 0 saturated heterocycles. The smallest absolute Gasteiger partial charge is 0.0834 e. The highest BCUT2D eigenvalue weighted by atomic mass is 16.5. The van der Waals surface area contributed by atoms with Gasteiger partial charge in [0.15, 0.2) is 0 Å². The van der Waals surface area contributed by atoms with Crippen molar-refractivity contribution in [2.75, 3.05) is 6.61 Å². The zero-order chi connectivity index (χ0) is 11.2. The van der Waals surface area contributed by atoms with Gasteiger partial charge in [0, 0.05) is 6.61 Å². The van der Waals surface area contributed by atoms with E-state index in [4.69, 9.17) is 4.74 Å². The Morgan fingerprint density at radius 2 is 1.44 bits per heavy atom. The van der Waals surface area contributed by atoms with Gasteiger partial charge in [-0.25, -0.2) is 0 Å². The number of rotatable bonds is 3. The molecule has 0 bridgehead atoms. The van der Waals surface area contributed by atoms with Gasteiger partial charge in [-0.1, -0.05) is 38.5 Å². The van der Waals surface area contributed by atoms with Crippen LogP contribution in [0.1, 0.15) is 64.2 Å². The summed E-state index contributed by atoms with van der Waals surface area (Å²) in [4.78, 5) is 0. The van der Waals surface area contributed by atoms with E-state index in [1.54, 1.807) is 0 Å². The maximum absolute atomic E-state index is 9.95. The van der Waals surface area contributed by atoms with Crippen LogP contribution >= 0.6 is 0 Å². The molecule has 2 unspecified atom stereocenters. The van der Waals surface area contributed by atoms with Crippen LogP contribution in [0.4, 0.5) is 0 Å². The Morgan fingerprint density at radius 3 is 2.19 bits per heavy atom. The molecule has 2 aliphatic carbocycles. The first-order valence-electron chi connectivity index (χ1n) is 7.16. The van der Waals surface area contributed by atoms with Crippen molar-refractivity contribution in [1.82, 2.24) is 0 Å². The van der Waals surface area contributed by atoms with Crippen LogP contribution in [-0.4, -0.2) is 23.9 Å². The molecular weight excluding hydrogens is 200 g/mol. The lowest BCUT2D eigenvalue weighted by Crippen LogP contribution is -2.30. The Kier molecular flexibility index (Phi) is 5.11. The normalized spacial score (nSPS) is 33.6. The van der Waals surface area contributed by atoms with Crippen molar-refractivity contribution in [1.29, 1.82) is 0 Å². The summed E-state index contributed by atoms with van der Waals surface area (Å²) in [5, 5.41) is 9.95. The van der Waals surface area contributed by atoms with Crippen molar-refractivity contribution in [2.45, 2.75) is 76.4 Å². The van der Waals surface area contributed by atoms with Gasteiger partial charge in [-0.3, -0.25) is 0 Å². The highest BCUT2D eigenvalue weighted by Gasteiger charge is 2.23. The Labute approximate surface area is 99.4 Å². The van der Waals surface area contributed by atoms with Gasteiger partial charge in [-0.2, -0.15) is 0 Å². The van der Waals surface area contributed by atoms with Crippen molar-refractivity contribution in [3.05, 3.63) is 0 Å². The van der Waals surface area contributed by atoms with E-state index >= 15 is 0 Å². The standard InChI is InChI=1S/C14H26O2/c15-13-9-5-2-6-10-14(13)16-11-12-7-3-1-4-8-12/h12-15H,1-11H2. The molecule has 0 radical (unpaired) electrons. The predicted molar refractivity (Wildman–Crippen MR) is 65.4 cm³/mol. The van der Waals surface area contributed by atoms with Crippen molar-refractivity contribution >= 4 is 0 Å². The van der Waals surface area contributed by atoms with Crippen molar-refractivity contribution < 1.29 is 9.84 Å². The second-order valence-electron chi connectivity index (χ2n) is 5.58. The number of aliphatic hydroxyl groups excluding tert-OH is 1. The molecule has 0 aromatic carbocycles. The molecule has 2 fully saturated rings. The van der Waals surface area contributed by atoms with Gasteiger partial charge in [-0.05, 0) is 31.6 Å². The van der Waals surface area contributed by atoms with E-state index in [1.165, 1.54) is 51.4 Å². The first-order valence-corrected chi connectivity index (χ1v) is 7.16. The van der Waals surface area contributed by atoms with Gasteiger partial charge in [0.05, 0.1) is 12.2 Å². The van der Waals surface area contributed by atoms with Gasteiger partial charge in [0.1, 0.15) is 0 Å². The molecule has 2 nitrogen and oxygen atoms in total. The molecule has 2 saturated carbocycles. The summed E-state index contributed by atoms with van der Waals surface area (Å²) >= 11 is 0.